The number of aromatic nitrogens is 2. The minimum Gasteiger partial charge on any atom is -0.391 e. The lowest BCUT2D eigenvalue weighted by Crippen LogP contribution is -2.23. The van der Waals surface area contributed by atoms with Crippen LogP contribution in [0.1, 0.15) is 17.8 Å². The SMILES string of the molecule is OC1CCc2nc(-c3cccc(C(F)(F)F)c3)cn2C1. The molecule has 0 aliphatic carbocycles. The molecule has 6 heteroatoms. The van der Waals surface area contributed by atoms with Gasteiger partial charge in [-0.25, -0.2) is 4.98 Å². The summed E-state index contributed by atoms with van der Waals surface area (Å²) in [5.41, 5.74) is 0.275. The fourth-order valence-corrected chi connectivity index (χ4v) is 2.42. The van der Waals surface area contributed by atoms with Crippen molar-refractivity contribution in [2.45, 2.75) is 31.7 Å². The van der Waals surface area contributed by atoms with E-state index < -0.39 is 17.8 Å². The average Bonchev–Trinajstić information content (AvgIpc) is 2.81. The second kappa shape index (κ2) is 4.63. The molecule has 3 rings (SSSR count). The van der Waals surface area contributed by atoms with Gasteiger partial charge in [-0.15, -0.1) is 0 Å². The van der Waals surface area contributed by atoms with Crippen LogP contribution in [0.4, 0.5) is 13.2 Å². The number of imidazole rings is 1. The van der Waals surface area contributed by atoms with Gasteiger partial charge < -0.3 is 9.67 Å². The lowest BCUT2D eigenvalue weighted by atomic mass is 10.1. The molecule has 0 saturated carbocycles. The molecule has 2 aromatic rings. The third-order valence-corrected chi connectivity index (χ3v) is 3.45. The molecule has 1 aliphatic rings. The number of aryl methyl sites for hydroxylation is 1. The molecule has 106 valence electrons. The van der Waals surface area contributed by atoms with Crippen LogP contribution >= 0.6 is 0 Å². The summed E-state index contributed by atoms with van der Waals surface area (Å²) in [5.74, 6) is 0.808. The first kappa shape index (κ1) is 13.2. The molecule has 1 aromatic carbocycles. The lowest BCUT2D eigenvalue weighted by molar-refractivity contribution is -0.137. The van der Waals surface area contributed by atoms with Crippen molar-refractivity contribution in [1.82, 2.24) is 9.55 Å². The van der Waals surface area contributed by atoms with Crippen LogP contribution in [0.15, 0.2) is 30.5 Å². The first-order chi connectivity index (χ1) is 9.43. The molecule has 0 bridgehead atoms. The number of aliphatic hydroxyl groups is 1. The number of halogens is 3. The highest BCUT2D eigenvalue weighted by atomic mass is 19.4. The molecule has 0 amide bonds. The van der Waals surface area contributed by atoms with E-state index in [0.717, 1.165) is 18.0 Å². The average molecular weight is 282 g/mol. The van der Waals surface area contributed by atoms with E-state index in [-0.39, 0.29) is 0 Å². The predicted molar refractivity (Wildman–Crippen MR) is 67.0 cm³/mol. The highest BCUT2D eigenvalue weighted by Gasteiger charge is 2.30. The van der Waals surface area contributed by atoms with Gasteiger partial charge in [0.25, 0.3) is 0 Å². The van der Waals surface area contributed by atoms with Crippen molar-refractivity contribution in [2.75, 3.05) is 0 Å². The standard InChI is InChI=1S/C14H13F3N2O/c15-14(16,17)10-3-1-2-9(6-10)12-8-19-7-11(20)4-5-13(19)18-12/h1-3,6,8,11,20H,4-5,7H2. The first-order valence-electron chi connectivity index (χ1n) is 6.35. The van der Waals surface area contributed by atoms with Crippen LogP contribution < -0.4 is 0 Å². The molecule has 1 atom stereocenters. The zero-order chi connectivity index (χ0) is 14.3. The van der Waals surface area contributed by atoms with Crippen molar-refractivity contribution in [3.05, 3.63) is 41.9 Å². The van der Waals surface area contributed by atoms with Crippen LogP contribution in [-0.2, 0) is 19.1 Å². The van der Waals surface area contributed by atoms with Crippen molar-refractivity contribution in [3.8, 4) is 11.3 Å². The van der Waals surface area contributed by atoms with Gasteiger partial charge >= 0.3 is 6.18 Å². The number of hydrogen-bond donors (Lipinski definition) is 1. The summed E-state index contributed by atoms with van der Waals surface area (Å²) < 4.78 is 39.9. The fourth-order valence-electron chi connectivity index (χ4n) is 2.42. The van der Waals surface area contributed by atoms with E-state index in [1.54, 1.807) is 12.3 Å². The number of fused-ring (bicyclic) bond motifs is 1. The van der Waals surface area contributed by atoms with Gasteiger partial charge in [-0.05, 0) is 18.6 Å². The van der Waals surface area contributed by atoms with Crippen molar-refractivity contribution >= 4 is 0 Å². The van der Waals surface area contributed by atoms with E-state index in [1.807, 2.05) is 4.57 Å². The van der Waals surface area contributed by atoms with Crippen LogP contribution in [0.25, 0.3) is 11.3 Å². The molecule has 1 unspecified atom stereocenters. The molecule has 20 heavy (non-hydrogen) atoms. The van der Waals surface area contributed by atoms with Crippen LogP contribution in [0.5, 0.6) is 0 Å². The maximum absolute atomic E-state index is 12.7. The second-order valence-corrected chi connectivity index (χ2v) is 4.97. The molecule has 3 nitrogen and oxygen atoms in total. The number of nitrogens with zero attached hydrogens (tertiary/aromatic N) is 2. The van der Waals surface area contributed by atoms with Crippen LogP contribution in [0, 0.1) is 0 Å². The van der Waals surface area contributed by atoms with Gasteiger partial charge in [0.1, 0.15) is 5.82 Å². The molecule has 0 fully saturated rings. The Kier molecular flexibility index (Phi) is 3.05. The van der Waals surface area contributed by atoms with Gasteiger partial charge in [0, 0.05) is 24.7 Å². The quantitative estimate of drug-likeness (QED) is 0.873. The van der Waals surface area contributed by atoms with Crippen molar-refractivity contribution < 1.29 is 18.3 Å². The van der Waals surface area contributed by atoms with Crippen LogP contribution in [-0.4, -0.2) is 20.8 Å². The molecule has 1 aromatic heterocycles. The Bertz CT molecular complexity index is 634. The Morgan fingerprint density at radius 3 is 2.85 bits per heavy atom. The highest BCUT2D eigenvalue weighted by molar-refractivity contribution is 5.60. The van der Waals surface area contributed by atoms with Gasteiger partial charge in [-0.2, -0.15) is 13.2 Å². The van der Waals surface area contributed by atoms with E-state index in [9.17, 15) is 18.3 Å². The number of hydrogen-bond acceptors (Lipinski definition) is 2. The second-order valence-electron chi connectivity index (χ2n) is 4.97. The van der Waals surface area contributed by atoms with Crippen molar-refractivity contribution in [2.24, 2.45) is 0 Å². The topological polar surface area (TPSA) is 38.1 Å². The van der Waals surface area contributed by atoms with Gasteiger partial charge in [0.15, 0.2) is 0 Å². The summed E-state index contributed by atoms with van der Waals surface area (Å²) in [5, 5.41) is 9.59. The summed E-state index contributed by atoms with van der Waals surface area (Å²) in [6.45, 7) is 0.446. The van der Waals surface area contributed by atoms with E-state index in [1.165, 1.54) is 6.07 Å². The third kappa shape index (κ3) is 2.43. The van der Waals surface area contributed by atoms with Gasteiger partial charge in [-0.3, -0.25) is 0 Å². The first-order valence-corrected chi connectivity index (χ1v) is 6.35. The summed E-state index contributed by atoms with van der Waals surface area (Å²) in [6.07, 6.45) is -1.79. The summed E-state index contributed by atoms with van der Waals surface area (Å²) >= 11 is 0. The zero-order valence-corrected chi connectivity index (χ0v) is 10.6. The zero-order valence-electron chi connectivity index (χ0n) is 10.6. The number of benzene rings is 1. The maximum atomic E-state index is 12.7. The molecular formula is C14H13F3N2O. The Labute approximate surface area is 113 Å². The maximum Gasteiger partial charge on any atom is 0.416 e. The summed E-state index contributed by atoms with van der Waals surface area (Å²) in [6, 6.07) is 5.14. The van der Waals surface area contributed by atoms with Crippen LogP contribution in [0.2, 0.25) is 0 Å². The fraction of sp³-hybridized carbons (Fsp3) is 0.357. The Morgan fingerprint density at radius 2 is 2.10 bits per heavy atom. The van der Waals surface area contributed by atoms with Crippen molar-refractivity contribution in [1.29, 1.82) is 0 Å². The Hall–Kier alpha value is -1.82. The minimum atomic E-state index is -4.36. The smallest absolute Gasteiger partial charge is 0.391 e. The molecule has 0 spiro atoms. The van der Waals surface area contributed by atoms with Gasteiger partial charge in [0.2, 0.25) is 0 Å². The van der Waals surface area contributed by atoms with Crippen LogP contribution in [0.3, 0.4) is 0 Å². The summed E-state index contributed by atoms with van der Waals surface area (Å²) in [7, 11) is 0. The largest absolute Gasteiger partial charge is 0.416 e. The third-order valence-electron chi connectivity index (χ3n) is 3.45. The minimum absolute atomic E-state index is 0.411. The molecule has 2 heterocycles. The van der Waals surface area contributed by atoms with Gasteiger partial charge in [-0.1, -0.05) is 12.1 Å². The normalized spacial score (nSPS) is 18.9. The molecule has 1 aliphatic heterocycles. The van der Waals surface area contributed by atoms with E-state index >= 15 is 0 Å². The number of aliphatic hydroxyl groups excluding tert-OH is 1. The van der Waals surface area contributed by atoms with E-state index in [4.69, 9.17) is 0 Å². The Morgan fingerprint density at radius 1 is 1.30 bits per heavy atom. The molecular weight excluding hydrogens is 269 g/mol. The monoisotopic (exact) mass is 282 g/mol. The van der Waals surface area contributed by atoms with Crippen molar-refractivity contribution in [3.63, 3.8) is 0 Å². The molecule has 0 saturated heterocycles. The predicted octanol–water partition coefficient (Wildman–Crippen LogP) is 2.88. The Balaban J connectivity index is 1.98. The van der Waals surface area contributed by atoms with Gasteiger partial charge in [0.05, 0.1) is 17.4 Å². The highest BCUT2D eigenvalue weighted by Crippen LogP contribution is 2.32. The number of alkyl halides is 3. The lowest BCUT2D eigenvalue weighted by Gasteiger charge is -2.18. The molecule has 1 N–H and O–H groups in total. The number of rotatable bonds is 1. The van der Waals surface area contributed by atoms with E-state index in [2.05, 4.69) is 4.98 Å². The molecule has 0 radical (unpaired) electrons. The summed E-state index contributed by atoms with van der Waals surface area (Å²) in [4.78, 5) is 4.36. The van der Waals surface area contributed by atoms with E-state index in [0.29, 0.717) is 30.6 Å².